The number of halogens is 1. The number of nitriles is 1. The van der Waals surface area contributed by atoms with E-state index in [1.54, 1.807) is 6.07 Å². The molecule has 114 valence electrons. The highest BCUT2D eigenvalue weighted by Gasteiger charge is 2.39. The van der Waals surface area contributed by atoms with Crippen LogP contribution in [0.3, 0.4) is 0 Å². The van der Waals surface area contributed by atoms with E-state index in [9.17, 15) is 10.4 Å². The summed E-state index contributed by atoms with van der Waals surface area (Å²) in [5.74, 6) is 0.911. The Morgan fingerprint density at radius 3 is 2.91 bits per heavy atom. The van der Waals surface area contributed by atoms with Crippen LogP contribution in [-0.4, -0.2) is 5.11 Å². The van der Waals surface area contributed by atoms with E-state index in [2.05, 4.69) is 45.5 Å². The van der Waals surface area contributed by atoms with Crippen molar-refractivity contribution >= 4 is 21.6 Å². The van der Waals surface area contributed by atoms with E-state index < -0.39 is 0 Å². The van der Waals surface area contributed by atoms with E-state index in [0.29, 0.717) is 11.5 Å². The van der Waals surface area contributed by atoms with Gasteiger partial charge in [0.2, 0.25) is 0 Å². The minimum Gasteiger partial charge on any atom is -0.508 e. The average molecular weight is 367 g/mol. The van der Waals surface area contributed by atoms with E-state index in [1.807, 2.05) is 24.3 Å². The fraction of sp³-hybridized carbons (Fsp3) is 0.211. The summed E-state index contributed by atoms with van der Waals surface area (Å²) in [5, 5.41) is 23.3. The number of anilines is 1. The van der Waals surface area contributed by atoms with E-state index in [-0.39, 0.29) is 17.7 Å². The molecular weight excluding hydrogens is 352 g/mol. The number of fused-ring (bicyclic) bond motifs is 3. The fourth-order valence-corrected chi connectivity index (χ4v) is 4.18. The van der Waals surface area contributed by atoms with Gasteiger partial charge in [0.15, 0.2) is 0 Å². The summed E-state index contributed by atoms with van der Waals surface area (Å²) in [6.45, 7) is 0. The van der Waals surface area contributed by atoms with Crippen LogP contribution in [0.5, 0.6) is 5.75 Å². The molecule has 0 saturated heterocycles. The molecule has 4 heteroatoms. The predicted octanol–water partition coefficient (Wildman–Crippen LogP) is 4.85. The van der Waals surface area contributed by atoms with Gasteiger partial charge < -0.3 is 10.4 Å². The van der Waals surface area contributed by atoms with Crippen LogP contribution in [0, 0.1) is 17.2 Å². The van der Waals surface area contributed by atoms with Crippen molar-refractivity contribution in [2.45, 2.75) is 18.4 Å². The summed E-state index contributed by atoms with van der Waals surface area (Å²) in [7, 11) is 0. The van der Waals surface area contributed by atoms with Crippen molar-refractivity contribution < 1.29 is 5.11 Å². The molecular formula is C19H15BrN2O. The summed E-state index contributed by atoms with van der Waals surface area (Å²) in [5.41, 5.74) is 3.60. The maximum atomic E-state index is 10.3. The molecule has 2 aromatic carbocycles. The minimum absolute atomic E-state index is 0.0190. The molecule has 2 aromatic rings. The number of benzene rings is 2. The van der Waals surface area contributed by atoms with Crippen molar-refractivity contribution in [3.63, 3.8) is 0 Å². The maximum Gasteiger partial charge on any atom is 0.120 e. The van der Waals surface area contributed by atoms with Gasteiger partial charge >= 0.3 is 0 Å². The van der Waals surface area contributed by atoms with Gasteiger partial charge in [0, 0.05) is 16.0 Å². The van der Waals surface area contributed by atoms with E-state index in [1.165, 1.54) is 5.56 Å². The lowest BCUT2D eigenvalue weighted by Crippen LogP contribution is -2.29. The minimum atomic E-state index is -0.0190. The molecule has 2 aliphatic rings. The number of allylic oxidation sites excluding steroid dienone is 2. The molecule has 1 aliphatic carbocycles. The van der Waals surface area contributed by atoms with Gasteiger partial charge in [-0.25, -0.2) is 0 Å². The Labute approximate surface area is 143 Å². The van der Waals surface area contributed by atoms with Crippen molar-refractivity contribution in [3.8, 4) is 11.8 Å². The first kappa shape index (κ1) is 14.3. The van der Waals surface area contributed by atoms with Gasteiger partial charge in [0.05, 0.1) is 17.3 Å². The molecule has 1 aliphatic heterocycles. The zero-order valence-electron chi connectivity index (χ0n) is 12.3. The fourth-order valence-electron chi connectivity index (χ4n) is 3.80. The number of hydrogen-bond acceptors (Lipinski definition) is 3. The van der Waals surface area contributed by atoms with Crippen LogP contribution >= 0.6 is 15.9 Å². The number of phenols is 1. The monoisotopic (exact) mass is 366 g/mol. The largest absolute Gasteiger partial charge is 0.508 e. The zero-order valence-corrected chi connectivity index (χ0v) is 13.9. The van der Waals surface area contributed by atoms with Gasteiger partial charge in [-0.05, 0) is 42.2 Å². The van der Waals surface area contributed by atoms with Gasteiger partial charge in [0.25, 0.3) is 0 Å². The standard InChI is InChI=1S/C19H15BrN2O/c20-12-7-8-17(23)16(9-12)19-15-6-2-4-13(15)14-5-1-3-11(10-21)18(14)22-19/h1-5,7-9,13,15,19,22-23H,6H2. The molecule has 0 amide bonds. The number of phenolic OH excluding ortho intramolecular Hbond substituents is 1. The molecule has 2 N–H and O–H groups in total. The summed E-state index contributed by atoms with van der Waals surface area (Å²) in [6.07, 6.45) is 5.39. The van der Waals surface area contributed by atoms with Crippen LogP contribution in [0.4, 0.5) is 5.69 Å². The first-order valence-electron chi connectivity index (χ1n) is 7.63. The molecule has 3 unspecified atom stereocenters. The summed E-state index contributed by atoms with van der Waals surface area (Å²) in [6, 6.07) is 13.6. The number of rotatable bonds is 1. The summed E-state index contributed by atoms with van der Waals surface area (Å²) < 4.78 is 0.939. The SMILES string of the molecule is N#Cc1cccc2c1NC(c1cc(Br)ccc1O)C1CC=CC21. The quantitative estimate of drug-likeness (QED) is 0.709. The molecule has 4 rings (SSSR count). The lowest BCUT2D eigenvalue weighted by atomic mass is 9.76. The van der Waals surface area contributed by atoms with Crippen molar-refractivity contribution in [1.82, 2.24) is 0 Å². The molecule has 3 nitrogen and oxygen atoms in total. The second kappa shape index (κ2) is 5.43. The van der Waals surface area contributed by atoms with Crippen LogP contribution in [-0.2, 0) is 0 Å². The Bertz CT molecular complexity index is 853. The molecule has 0 saturated carbocycles. The first-order chi connectivity index (χ1) is 11.2. The molecule has 0 bridgehead atoms. The summed E-state index contributed by atoms with van der Waals surface area (Å²) >= 11 is 3.49. The maximum absolute atomic E-state index is 10.3. The number of hydrogen-bond donors (Lipinski definition) is 2. The lowest BCUT2D eigenvalue weighted by molar-refractivity contribution is 0.402. The normalized spacial score (nSPS) is 24.4. The van der Waals surface area contributed by atoms with Crippen LogP contribution in [0.25, 0.3) is 0 Å². The van der Waals surface area contributed by atoms with Crippen molar-refractivity contribution in [1.29, 1.82) is 5.26 Å². The smallest absolute Gasteiger partial charge is 0.120 e. The Morgan fingerprint density at radius 1 is 1.22 bits per heavy atom. The van der Waals surface area contributed by atoms with E-state index >= 15 is 0 Å². The Hall–Kier alpha value is -2.25. The van der Waals surface area contributed by atoms with Gasteiger partial charge in [0.1, 0.15) is 11.8 Å². The highest BCUT2D eigenvalue weighted by Crippen LogP contribution is 2.51. The number of nitrogens with zero attached hydrogens (tertiary/aromatic N) is 1. The van der Waals surface area contributed by atoms with Crippen LogP contribution in [0.15, 0.2) is 53.0 Å². The Kier molecular flexibility index (Phi) is 3.39. The molecule has 23 heavy (non-hydrogen) atoms. The van der Waals surface area contributed by atoms with Crippen LogP contribution < -0.4 is 5.32 Å². The third-order valence-electron chi connectivity index (χ3n) is 4.84. The molecule has 3 atom stereocenters. The van der Waals surface area contributed by atoms with E-state index in [4.69, 9.17) is 0 Å². The van der Waals surface area contributed by atoms with Gasteiger partial charge in [-0.1, -0.05) is 40.2 Å². The molecule has 0 radical (unpaired) electrons. The number of aromatic hydroxyl groups is 1. The summed E-state index contributed by atoms with van der Waals surface area (Å²) in [4.78, 5) is 0. The van der Waals surface area contributed by atoms with Gasteiger partial charge in [-0.15, -0.1) is 0 Å². The van der Waals surface area contributed by atoms with Crippen LogP contribution in [0.1, 0.15) is 35.1 Å². The van der Waals surface area contributed by atoms with Crippen molar-refractivity contribution in [2.24, 2.45) is 5.92 Å². The lowest BCUT2D eigenvalue weighted by Gasteiger charge is -2.38. The second-order valence-electron chi connectivity index (χ2n) is 6.06. The average Bonchev–Trinajstić information content (AvgIpc) is 3.05. The van der Waals surface area contributed by atoms with Crippen molar-refractivity contribution in [2.75, 3.05) is 5.32 Å². The van der Waals surface area contributed by atoms with Crippen molar-refractivity contribution in [3.05, 3.63) is 69.7 Å². The highest BCUT2D eigenvalue weighted by molar-refractivity contribution is 9.10. The topological polar surface area (TPSA) is 56.0 Å². The number of para-hydroxylation sites is 1. The highest BCUT2D eigenvalue weighted by atomic mass is 79.9. The number of nitrogens with one attached hydrogen (secondary N) is 1. The molecule has 0 aromatic heterocycles. The first-order valence-corrected chi connectivity index (χ1v) is 8.43. The van der Waals surface area contributed by atoms with Gasteiger partial charge in [-0.2, -0.15) is 5.26 Å². The predicted molar refractivity (Wildman–Crippen MR) is 93.3 cm³/mol. The zero-order chi connectivity index (χ0) is 16.0. The van der Waals surface area contributed by atoms with Crippen LogP contribution in [0.2, 0.25) is 0 Å². The molecule has 0 spiro atoms. The third-order valence-corrected chi connectivity index (χ3v) is 5.34. The van der Waals surface area contributed by atoms with E-state index in [0.717, 1.165) is 22.1 Å². The third kappa shape index (κ3) is 2.24. The Morgan fingerprint density at radius 2 is 2.09 bits per heavy atom. The molecule has 0 fully saturated rings. The second-order valence-corrected chi connectivity index (χ2v) is 6.98. The Balaban J connectivity index is 1.87. The van der Waals surface area contributed by atoms with Gasteiger partial charge in [-0.3, -0.25) is 0 Å². The molecule has 1 heterocycles.